The third-order valence-electron chi connectivity index (χ3n) is 3.56. The van der Waals surface area contributed by atoms with Gasteiger partial charge in [0.25, 0.3) is 0 Å². The van der Waals surface area contributed by atoms with Gasteiger partial charge in [0.1, 0.15) is 5.76 Å². The van der Waals surface area contributed by atoms with Crippen molar-refractivity contribution in [3.8, 4) is 0 Å². The maximum Gasteiger partial charge on any atom is 0.120 e. The summed E-state index contributed by atoms with van der Waals surface area (Å²) in [6, 6.07) is 12.7. The maximum atomic E-state index is 9.74. The molecule has 0 unspecified atom stereocenters. The van der Waals surface area contributed by atoms with Crippen molar-refractivity contribution in [2.75, 3.05) is 0 Å². The van der Waals surface area contributed by atoms with Crippen molar-refractivity contribution < 1.29 is 5.11 Å². The van der Waals surface area contributed by atoms with E-state index in [-0.39, 0.29) is 0 Å². The molecule has 0 amide bonds. The Labute approximate surface area is 93.3 Å². The monoisotopic (exact) mass is 206 g/mol. The summed E-state index contributed by atoms with van der Waals surface area (Å²) in [5, 5.41) is 12.3. The number of hydrogen-bond acceptors (Lipinski definition) is 1. The molecular weight excluding hydrogens is 196 g/mol. The van der Waals surface area contributed by atoms with Gasteiger partial charge in [-0.25, -0.2) is 0 Å². The standard InChI is InChI=1S/C15H10O/c16-14-8-10-7-13(14)12-6-5-9-3-1-2-4-11(9)15(10)12/h1-6,8,16H,7H2. The van der Waals surface area contributed by atoms with Crippen LogP contribution in [0.3, 0.4) is 0 Å². The van der Waals surface area contributed by atoms with E-state index in [1.807, 2.05) is 6.08 Å². The third kappa shape index (κ3) is 0.820. The summed E-state index contributed by atoms with van der Waals surface area (Å²) in [5.41, 5.74) is 4.90. The molecular formula is C15H10O. The molecule has 0 aromatic heterocycles. The fraction of sp³-hybridized carbons (Fsp3) is 0.0667. The van der Waals surface area contributed by atoms with Crippen molar-refractivity contribution in [1.29, 1.82) is 0 Å². The Morgan fingerprint density at radius 3 is 2.81 bits per heavy atom. The number of fused-ring (bicyclic) bond motifs is 7. The quantitative estimate of drug-likeness (QED) is 0.692. The van der Waals surface area contributed by atoms with Gasteiger partial charge in [-0.05, 0) is 33.5 Å². The molecule has 1 N–H and O–H groups in total. The van der Waals surface area contributed by atoms with Gasteiger partial charge in [0.05, 0.1) is 0 Å². The Morgan fingerprint density at radius 1 is 1.00 bits per heavy atom. The van der Waals surface area contributed by atoms with E-state index in [1.54, 1.807) is 0 Å². The van der Waals surface area contributed by atoms with Gasteiger partial charge < -0.3 is 5.11 Å². The Bertz CT molecular complexity index is 690. The summed E-state index contributed by atoms with van der Waals surface area (Å²) >= 11 is 0. The van der Waals surface area contributed by atoms with Gasteiger partial charge in [0.15, 0.2) is 0 Å². The lowest BCUT2D eigenvalue weighted by Crippen LogP contribution is -1.90. The van der Waals surface area contributed by atoms with Crippen LogP contribution in [-0.4, -0.2) is 5.11 Å². The topological polar surface area (TPSA) is 20.2 Å². The van der Waals surface area contributed by atoms with Gasteiger partial charge >= 0.3 is 0 Å². The fourth-order valence-electron chi connectivity index (χ4n) is 2.85. The van der Waals surface area contributed by atoms with Gasteiger partial charge in [0, 0.05) is 12.0 Å². The van der Waals surface area contributed by atoms with E-state index < -0.39 is 0 Å². The van der Waals surface area contributed by atoms with Crippen LogP contribution in [-0.2, 0) is 0 Å². The van der Waals surface area contributed by atoms with Crippen LogP contribution < -0.4 is 0 Å². The molecule has 0 heterocycles. The van der Waals surface area contributed by atoms with Gasteiger partial charge in [-0.3, -0.25) is 0 Å². The first-order valence-corrected chi connectivity index (χ1v) is 5.50. The number of allylic oxidation sites excluding steroid dienone is 3. The molecule has 0 atom stereocenters. The molecule has 2 bridgehead atoms. The fourth-order valence-corrected chi connectivity index (χ4v) is 2.85. The molecule has 0 radical (unpaired) electrons. The summed E-state index contributed by atoms with van der Waals surface area (Å²) in [5.74, 6) is 0.456. The summed E-state index contributed by atoms with van der Waals surface area (Å²) < 4.78 is 0. The van der Waals surface area contributed by atoms with Crippen LogP contribution in [0.5, 0.6) is 0 Å². The van der Waals surface area contributed by atoms with E-state index in [2.05, 4.69) is 36.4 Å². The predicted molar refractivity (Wildman–Crippen MR) is 66.1 cm³/mol. The zero-order chi connectivity index (χ0) is 10.7. The largest absolute Gasteiger partial charge is 0.508 e. The van der Waals surface area contributed by atoms with Gasteiger partial charge in [0.2, 0.25) is 0 Å². The second-order valence-electron chi connectivity index (χ2n) is 4.42. The van der Waals surface area contributed by atoms with E-state index in [4.69, 9.17) is 0 Å². The highest BCUT2D eigenvalue weighted by Crippen LogP contribution is 2.49. The lowest BCUT2D eigenvalue weighted by atomic mass is 9.95. The molecule has 0 saturated carbocycles. The van der Waals surface area contributed by atoms with Crippen LogP contribution >= 0.6 is 0 Å². The summed E-state index contributed by atoms with van der Waals surface area (Å²) in [6.45, 7) is 0. The van der Waals surface area contributed by atoms with Crippen molar-refractivity contribution in [3.63, 3.8) is 0 Å². The minimum atomic E-state index is 0.456. The van der Waals surface area contributed by atoms with E-state index in [9.17, 15) is 5.11 Å². The Balaban J connectivity index is 2.20. The van der Waals surface area contributed by atoms with E-state index in [0.717, 1.165) is 12.0 Å². The lowest BCUT2D eigenvalue weighted by Gasteiger charge is -2.09. The number of benzene rings is 2. The molecule has 0 saturated heterocycles. The zero-order valence-electron chi connectivity index (χ0n) is 8.70. The molecule has 1 heteroatoms. The molecule has 2 aromatic carbocycles. The number of aliphatic hydroxyl groups excluding tert-OH is 1. The first-order valence-electron chi connectivity index (χ1n) is 5.50. The normalized spacial score (nSPS) is 16.9. The second-order valence-corrected chi connectivity index (χ2v) is 4.42. The molecule has 0 fully saturated rings. The van der Waals surface area contributed by atoms with Crippen LogP contribution in [0, 0.1) is 0 Å². The van der Waals surface area contributed by atoms with E-state index >= 15 is 0 Å². The van der Waals surface area contributed by atoms with Gasteiger partial charge in [-0.15, -0.1) is 0 Å². The average Bonchev–Trinajstić information content (AvgIpc) is 2.86. The molecule has 0 aliphatic heterocycles. The Morgan fingerprint density at radius 2 is 1.88 bits per heavy atom. The summed E-state index contributed by atoms with van der Waals surface area (Å²) in [6.07, 6.45) is 2.80. The number of hydrogen-bond donors (Lipinski definition) is 1. The molecule has 4 rings (SSSR count). The summed E-state index contributed by atoms with van der Waals surface area (Å²) in [7, 11) is 0. The smallest absolute Gasteiger partial charge is 0.120 e. The lowest BCUT2D eigenvalue weighted by molar-refractivity contribution is 0.436. The summed E-state index contributed by atoms with van der Waals surface area (Å²) in [4.78, 5) is 0. The predicted octanol–water partition coefficient (Wildman–Crippen LogP) is 3.91. The van der Waals surface area contributed by atoms with Crippen molar-refractivity contribution in [2.45, 2.75) is 6.42 Å². The first kappa shape index (κ1) is 8.17. The third-order valence-corrected chi connectivity index (χ3v) is 3.56. The number of aliphatic hydroxyl groups is 1. The van der Waals surface area contributed by atoms with Crippen molar-refractivity contribution in [2.24, 2.45) is 0 Å². The molecule has 16 heavy (non-hydrogen) atoms. The minimum Gasteiger partial charge on any atom is -0.508 e. The first-order chi connectivity index (χ1) is 7.84. The molecule has 1 nitrogen and oxygen atoms in total. The highest BCUT2D eigenvalue weighted by atomic mass is 16.3. The zero-order valence-corrected chi connectivity index (χ0v) is 8.70. The van der Waals surface area contributed by atoms with Crippen molar-refractivity contribution in [1.82, 2.24) is 0 Å². The highest BCUT2D eigenvalue weighted by molar-refractivity contribution is 6.08. The molecule has 2 aliphatic rings. The van der Waals surface area contributed by atoms with Crippen LogP contribution in [0.2, 0.25) is 0 Å². The van der Waals surface area contributed by atoms with Crippen molar-refractivity contribution in [3.05, 3.63) is 59.4 Å². The molecule has 0 spiro atoms. The Hall–Kier alpha value is -2.02. The number of rotatable bonds is 0. The van der Waals surface area contributed by atoms with E-state index in [0.29, 0.717) is 5.76 Å². The SMILES string of the molecule is OC1=C2CC(=C1)c1c2ccc2ccccc12. The second kappa shape index (κ2) is 2.56. The Kier molecular flexibility index (Phi) is 1.31. The van der Waals surface area contributed by atoms with Crippen LogP contribution in [0.25, 0.3) is 21.9 Å². The molecule has 76 valence electrons. The molecule has 2 aromatic rings. The van der Waals surface area contributed by atoms with Crippen LogP contribution in [0.15, 0.2) is 48.2 Å². The van der Waals surface area contributed by atoms with Crippen LogP contribution in [0.1, 0.15) is 17.5 Å². The van der Waals surface area contributed by atoms with Gasteiger partial charge in [-0.2, -0.15) is 0 Å². The molecule has 2 aliphatic carbocycles. The van der Waals surface area contributed by atoms with E-state index in [1.165, 1.54) is 27.5 Å². The maximum absolute atomic E-state index is 9.74. The van der Waals surface area contributed by atoms with Crippen LogP contribution in [0.4, 0.5) is 0 Å². The average molecular weight is 206 g/mol. The minimum absolute atomic E-state index is 0.456. The highest BCUT2D eigenvalue weighted by Gasteiger charge is 2.29. The van der Waals surface area contributed by atoms with Gasteiger partial charge in [-0.1, -0.05) is 36.4 Å². The van der Waals surface area contributed by atoms with Crippen molar-refractivity contribution >= 4 is 21.9 Å².